The third-order valence-corrected chi connectivity index (χ3v) is 6.21. The van der Waals surface area contributed by atoms with E-state index < -0.39 is 0 Å². The van der Waals surface area contributed by atoms with E-state index in [0.717, 1.165) is 28.3 Å². The van der Waals surface area contributed by atoms with Gasteiger partial charge in [0, 0.05) is 5.56 Å². The summed E-state index contributed by atoms with van der Waals surface area (Å²) >= 11 is 1.54. The predicted octanol–water partition coefficient (Wildman–Crippen LogP) is 4.49. The number of aryl methyl sites for hydroxylation is 1. The SMILES string of the molecule is COc1ccc(-n2nc(C)c3c2NC(=O)[C@@H](C)S[C@@H]3c2ccc(F)cc2)cc1. The molecular formula is C21H20FN3O2S. The van der Waals surface area contributed by atoms with E-state index in [1.54, 1.807) is 23.9 Å². The Morgan fingerprint density at radius 3 is 2.46 bits per heavy atom. The van der Waals surface area contributed by atoms with E-state index >= 15 is 0 Å². The molecule has 0 aliphatic carbocycles. The summed E-state index contributed by atoms with van der Waals surface area (Å²) in [4.78, 5) is 12.6. The van der Waals surface area contributed by atoms with Crippen molar-refractivity contribution in [1.29, 1.82) is 0 Å². The van der Waals surface area contributed by atoms with Gasteiger partial charge in [-0.3, -0.25) is 4.79 Å². The quantitative estimate of drug-likeness (QED) is 0.707. The van der Waals surface area contributed by atoms with Gasteiger partial charge in [-0.25, -0.2) is 9.07 Å². The van der Waals surface area contributed by atoms with Gasteiger partial charge < -0.3 is 10.1 Å². The summed E-state index contributed by atoms with van der Waals surface area (Å²) < 4.78 is 20.4. The standard InChI is InChI=1S/C21H20FN3O2S/c1-12-18-19(14-4-6-15(22)7-5-14)28-13(2)21(26)23-20(18)25(24-12)16-8-10-17(27-3)11-9-16/h4-11,13,19H,1-3H3,(H,23,26)/t13-,19-/m1/s1. The molecule has 0 bridgehead atoms. The molecule has 0 saturated carbocycles. The van der Waals surface area contributed by atoms with Crippen LogP contribution < -0.4 is 10.1 Å². The van der Waals surface area contributed by atoms with Gasteiger partial charge in [0.1, 0.15) is 17.4 Å². The highest BCUT2D eigenvalue weighted by molar-refractivity contribution is 8.01. The number of hydrogen-bond donors (Lipinski definition) is 1. The Morgan fingerprint density at radius 2 is 1.82 bits per heavy atom. The summed E-state index contributed by atoms with van der Waals surface area (Å²) in [6.07, 6.45) is 0. The van der Waals surface area contributed by atoms with E-state index in [1.807, 2.05) is 38.1 Å². The van der Waals surface area contributed by atoms with E-state index in [4.69, 9.17) is 4.74 Å². The molecule has 1 aromatic heterocycles. The van der Waals surface area contributed by atoms with Gasteiger partial charge in [0.05, 0.1) is 29.0 Å². The summed E-state index contributed by atoms with van der Waals surface area (Å²) in [7, 11) is 1.62. The molecule has 2 aromatic carbocycles. The molecular weight excluding hydrogens is 377 g/mol. The fourth-order valence-electron chi connectivity index (χ4n) is 3.32. The molecule has 0 fully saturated rings. The molecule has 2 heterocycles. The fourth-order valence-corrected chi connectivity index (χ4v) is 4.64. The topological polar surface area (TPSA) is 56.1 Å². The third-order valence-electron chi connectivity index (χ3n) is 4.81. The van der Waals surface area contributed by atoms with Crippen LogP contribution in [0.5, 0.6) is 5.75 Å². The van der Waals surface area contributed by atoms with E-state index in [0.29, 0.717) is 5.82 Å². The maximum absolute atomic E-state index is 13.4. The van der Waals surface area contributed by atoms with Crippen LogP contribution in [-0.2, 0) is 4.79 Å². The van der Waals surface area contributed by atoms with Gasteiger partial charge in [-0.15, -0.1) is 11.8 Å². The fraction of sp³-hybridized carbons (Fsp3) is 0.238. The summed E-state index contributed by atoms with van der Waals surface area (Å²) in [5.74, 6) is 1.04. The first-order chi connectivity index (χ1) is 13.5. The lowest BCUT2D eigenvalue weighted by atomic mass is 10.0. The predicted molar refractivity (Wildman–Crippen MR) is 109 cm³/mol. The van der Waals surface area contributed by atoms with Gasteiger partial charge in [-0.2, -0.15) is 5.10 Å². The lowest BCUT2D eigenvalue weighted by Gasteiger charge is -2.17. The van der Waals surface area contributed by atoms with Gasteiger partial charge in [-0.1, -0.05) is 12.1 Å². The number of methoxy groups -OCH3 is 1. The van der Waals surface area contributed by atoms with Crippen molar-refractivity contribution in [3.63, 3.8) is 0 Å². The second-order valence-corrected chi connectivity index (χ2v) is 8.11. The second-order valence-electron chi connectivity index (χ2n) is 6.66. The molecule has 1 N–H and O–H groups in total. The highest BCUT2D eigenvalue weighted by Gasteiger charge is 2.34. The van der Waals surface area contributed by atoms with Crippen molar-refractivity contribution in [3.05, 3.63) is 71.2 Å². The summed E-state index contributed by atoms with van der Waals surface area (Å²) in [6.45, 7) is 3.81. The van der Waals surface area contributed by atoms with E-state index in [2.05, 4.69) is 10.4 Å². The molecule has 144 valence electrons. The first kappa shape index (κ1) is 18.6. The number of carbonyl (C=O) groups is 1. The normalized spacial score (nSPS) is 18.9. The molecule has 28 heavy (non-hydrogen) atoms. The zero-order chi connectivity index (χ0) is 19.8. The maximum atomic E-state index is 13.4. The molecule has 0 spiro atoms. The number of amides is 1. The lowest BCUT2D eigenvalue weighted by Crippen LogP contribution is -2.22. The number of thioether (sulfide) groups is 1. The smallest absolute Gasteiger partial charge is 0.238 e. The summed E-state index contributed by atoms with van der Waals surface area (Å²) in [5, 5.41) is 7.33. The number of halogens is 1. The van der Waals surface area contributed by atoms with E-state index in [1.165, 1.54) is 23.9 Å². The Labute approximate surface area is 166 Å². The van der Waals surface area contributed by atoms with Gasteiger partial charge in [-0.05, 0) is 55.8 Å². The van der Waals surface area contributed by atoms with Crippen molar-refractivity contribution in [2.24, 2.45) is 0 Å². The average Bonchev–Trinajstić information content (AvgIpc) is 2.95. The molecule has 1 aliphatic rings. The van der Waals surface area contributed by atoms with Gasteiger partial charge in [0.25, 0.3) is 0 Å². The zero-order valence-corrected chi connectivity index (χ0v) is 16.6. The summed E-state index contributed by atoms with van der Waals surface area (Å²) in [5.41, 5.74) is 3.52. The molecule has 1 aliphatic heterocycles. The van der Waals surface area contributed by atoms with Crippen LogP contribution in [0.25, 0.3) is 5.69 Å². The minimum Gasteiger partial charge on any atom is -0.497 e. The third kappa shape index (κ3) is 3.26. The number of hydrogen-bond acceptors (Lipinski definition) is 4. The van der Waals surface area contributed by atoms with Crippen molar-refractivity contribution < 1.29 is 13.9 Å². The lowest BCUT2D eigenvalue weighted by molar-refractivity contribution is -0.115. The molecule has 4 rings (SSSR count). The van der Waals surface area contributed by atoms with Gasteiger partial charge >= 0.3 is 0 Å². The van der Waals surface area contributed by atoms with Crippen molar-refractivity contribution in [2.45, 2.75) is 24.3 Å². The zero-order valence-electron chi connectivity index (χ0n) is 15.8. The molecule has 7 heteroatoms. The van der Waals surface area contributed by atoms with Crippen molar-refractivity contribution in [3.8, 4) is 11.4 Å². The number of nitrogens with one attached hydrogen (secondary N) is 1. The largest absolute Gasteiger partial charge is 0.497 e. The van der Waals surface area contributed by atoms with E-state index in [9.17, 15) is 9.18 Å². The number of benzene rings is 2. The number of nitrogens with zero attached hydrogens (tertiary/aromatic N) is 2. The average molecular weight is 397 g/mol. The first-order valence-electron chi connectivity index (χ1n) is 8.93. The van der Waals surface area contributed by atoms with Crippen molar-refractivity contribution in [2.75, 3.05) is 12.4 Å². The minimum absolute atomic E-state index is 0.0782. The van der Waals surface area contributed by atoms with Crippen molar-refractivity contribution in [1.82, 2.24) is 9.78 Å². The number of aromatic nitrogens is 2. The molecule has 0 saturated heterocycles. The number of anilines is 1. The Hall–Kier alpha value is -2.80. The van der Waals surface area contributed by atoms with Crippen LogP contribution in [0, 0.1) is 12.7 Å². The highest BCUT2D eigenvalue weighted by Crippen LogP contribution is 2.46. The minimum atomic E-state index is -0.282. The monoisotopic (exact) mass is 397 g/mol. The van der Waals surface area contributed by atoms with Crippen LogP contribution in [0.15, 0.2) is 48.5 Å². The number of carbonyl (C=O) groups excluding carboxylic acids is 1. The van der Waals surface area contributed by atoms with Crippen LogP contribution in [0.3, 0.4) is 0 Å². The highest BCUT2D eigenvalue weighted by atomic mass is 32.2. The number of rotatable bonds is 3. The van der Waals surface area contributed by atoms with Crippen LogP contribution in [0.1, 0.15) is 29.0 Å². The molecule has 5 nitrogen and oxygen atoms in total. The summed E-state index contributed by atoms with van der Waals surface area (Å²) in [6, 6.07) is 13.9. The second kappa shape index (κ2) is 7.31. The maximum Gasteiger partial charge on any atom is 0.238 e. The van der Waals surface area contributed by atoms with Crippen molar-refractivity contribution >= 4 is 23.5 Å². The van der Waals surface area contributed by atoms with Crippen LogP contribution in [0.4, 0.5) is 10.2 Å². The molecule has 1 amide bonds. The van der Waals surface area contributed by atoms with Gasteiger partial charge in [0.2, 0.25) is 5.91 Å². The van der Waals surface area contributed by atoms with Gasteiger partial charge in [0.15, 0.2) is 0 Å². The Bertz CT molecular complexity index is 1020. The number of ether oxygens (including phenoxy) is 1. The van der Waals surface area contributed by atoms with Crippen LogP contribution in [-0.4, -0.2) is 28.0 Å². The molecule has 2 atom stereocenters. The molecule has 3 aromatic rings. The Morgan fingerprint density at radius 1 is 1.14 bits per heavy atom. The Balaban J connectivity index is 1.87. The van der Waals surface area contributed by atoms with Crippen LogP contribution in [0.2, 0.25) is 0 Å². The van der Waals surface area contributed by atoms with Crippen LogP contribution >= 0.6 is 11.8 Å². The first-order valence-corrected chi connectivity index (χ1v) is 9.88. The number of fused-ring (bicyclic) bond motifs is 1. The van der Waals surface area contributed by atoms with E-state index in [-0.39, 0.29) is 22.2 Å². The molecule has 0 radical (unpaired) electrons. The Kier molecular flexibility index (Phi) is 4.85. The molecule has 0 unspecified atom stereocenters.